The first-order chi connectivity index (χ1) is 12.8. The van der Waals surface area contributed by atoms with Crippen LogP contribution in [0, 0.1) is 19.8 Å². The molecule has 1 amide bonds. The Hall–Kier alpha value is -2.95. The van der Waals surface area contributed by atoms with Gasteiger partial charge in [-0.15, -0.1) is 0 Å². The lowest BCUT2D eigenvalue weighted by Crippen LogP contribution is -2.31. The van der Waals surface area contributed by atoms with Crippen molar-refractivity contribution in [3.63, 3.8) is 0 Å². The van der Waals surface area contributed by atoms with E-state index in [0.29, 0.717) is 18.0 Å². The first-order valence-electron chi connectivity index (χ1n) is 8.94. The predicted molar refractivity (Wildman–Crippen MR) is 104 cm³/mol. The molecule has 2 aromatic carbocycles. The van der Waals surface area contributed by atoms with E-state index in [-0.39, 0.29) is 29.4 Å². The highest BCUT2D eigenvalue weighted by Crippen LogP contribution is 2.19. The normalized spacial score (nSPS) is 10.6. The third-order valence-electron chi connectivity index (χ3n) is 4.07. The number of rotatable bonds is 7. The zero-order valence-corrected chi connectivity index (χ0v) is 16.2. The third-order valence-corrected chi connectivity index (χ3v) is 4.07. The zero-order chi connectivity index (χ0) is 20.0. The molecule has 0 aliphatic rings. The molecule has 2 aromatic rings. The van der Waals surface area contributed by atoms with Gasteiger partial charge in [-0.3, -0.25) is 9.59 Å². The molecule has 0 unspecified atom stereocenters. The van der Waals surface area contributed by atoms with E-state index in [1.54, 1.807) is 24.3 Å². The van der Waals surface area contributed by atoms with Crippen molar-refractivity contribution in [3.05, 3.63) is 70.3 Å². The van der Waals surface area contributed by atoms with Crippen LogP contribution in [0.2, 0.25) is 0 Å². The molecule has 2 rings (SSSR count). The summed E-state index contributed by atoms with van der Waals surface area (Å²) in [5, 5.41) is 2.68. The van der Waals surface area contributed by atoms with E-state index in [9.17, 15) is 14.4 Å². The molecular weight excluding hydrogens is 342 g/mol. The maximum absolute atomic E-state index is 13.0. The molecule has 5 heteroatoms. The van der Waals surface area contributed by atoms with Crippen LogP contribution in [0.15, 0.2) is 42.5 Å². The molecule has 0 aliphatic carbocycles. The Bertz CT molecular complexity index is 855. The van der Waals surface area contributed by atoms with Gasteiger partial charge in [0.1, 0.15) is 0 Å². The van der Waals surface area contributed by atoms with Crippen molar-refractivity contribution in [2.75, 3.05) is 13.2 Å². The Balaban J connectivity index is 2.17. The van der Waals surface area contributed by atoms with Gasteiger partial charge in [0.25, 0.3) is 5.91 Å². The van der Waals surface area contributed by atoms with Crippen LogP contribution in [0.4, 0.5) is 0 Å². The summed E-state index contributed by atoms with van der Waals surface area (Å²) in [5.41, 5.74) is 2.76. The molecular formula is C22H25NO4. The van der Waals surface area contributed by atoms with Gasteiger partial charge in [0.15, 0.2) is 12.4 Å². The van der Waals surface area contributed by atoms with Crippen molar-refractivity contribution in [1.82, 2.24) is 5.32 Å². The van der Waals surface area contributed by atoms with Gasteiger partial charge < -0.3 is 10.1 Å². The summed E-state index contributed by atoms with van der Waals surface area (Å²) in [6, 6.07) is 12.1. The van der Waals surface area contributed by atoms with Gasteiger partial charge in [-0.05, 0) is 37.5 Å². The molecule has 0 radical (unpaired) electrons. The molecule has 27 heavy (non-hydrogen) atoms. The highest BCUT2D eigenvalue weighted by atomic mass is 16.5. The number of ether oxygens (including phenoxy) is 1. The maximum Gasteiger partial charge on any atom is 0.339 e. The lowest BCUT2D eigenvalue weighted by Gasteiger charge is -2.11. The van der Waals surface area contributed by atoms with Crippen LogP contribution < -0.4 is 5.32 Å². The molecule has 0 fully saturated rings. The number of hydrogen-bond acceptors (Lipinski definition) is 4. The summed E-state index contributed by atoms with van der Waals surface area (Å²) in [6.45, 7) is 7.84. The van der Waals surface area contributed by atoms with Crippen LogP contribution in [0.5, 0.6) is 0 Å². The number of hydrogen-bond donors (Lipinski definition) is 1. The van der Waals surface area contributed by atoms with Crippen molar-refractivity contribution >= 4 is 17.7 Å². The van der Waals surface area contributed by atoms with E-state index in [1.807, 2.05) is 39.8 Å². The number of carbonyl (C=O) groups excluding carboxylic acids is 3. The van der Waals surface area contributed by atoms with E-state index in [0.717, 1.165) is 11.1 Å². The summed E-state index contributed by atoms with van der Waals surface area (Å²) in [6.07, 6.45) is 0. The number of carbonyl (C=O) groups is 3. The average molecular weight is 367 g/mol. The fraction of sp³-hybridized carbons (Fsp3) is 0.318. The molecule has 1 N–H and O–H groups in total. The third kappa shape index (κ3) is 5.51. The van der Waals surface area contributed by atoms with Gasteiger partial charge in [0.2, 0.25) is 0 Å². The first kappa shape index (κ1) is 20.4. The minimum Gasteiger partial charge on any atom is -0.452 e. The molecule has 0 heterocycles. The Morgan fingerprint density at radius 1 is 0.963 bits per heavy atom. The lowest BCUT2D eigenvalue weighted by molar-refractivity contribution is -0.124. The van der Waals surface area contributed by atoms with Crippen molar-refractivity contribution < 1.29 is 19.1 Å². The fourth-order valence-electron chi connectivity index (χ4n) is 2.56. The monoisotopic (exact) mass is 367 g/mol. The van der Waals surface area contributed by atoms with Gasteiger partial charge in [0.05, 0.1) is 5.56 Å². The van der Waals surface area contributed by atoms with Gasteiger partial charge in [-0.2, -0.15) is 0 Å². The fourth-order valence-corrected chi connectivity index (χ4v) is 2.56. The molecule has 0 atom stereocenters. The number of benzene rings is 2. The number of aryl methyl sites for hydroxylation is 2. The summed E-state index contributed by atoms with van der Waals surface area (Å²) in [5.74, 6) is -0.993. The lowest BCUT2D eigenvalue weighted by atomic mass is 9.94. The Morgan fingerprint density at radius 2 is 1.63 bits per heavy atom. The van der Waals surface area contributed by atoms with E-state index in [1.165, 1.54) is 6.07 Å². The molecule has 0 spiro atoms. The Morgan fingerprint density at radius 3 is 2.30 bits per heavy atom. The van der Waals surface area contributed by atoms with Crippen molar-refractivity contribution in [3.8, 4) is 0 Å². The second-order valence-electron chi connectivity index (χ2n) is 6.97. The Kier molecular flexibility index (Phi) is 6.88. The van der Waals surface area contributed by atoms with Crippen LogP contribution in [0.1, 0.15) is 51.3 Å². The highest BCUT2D eigenvalue weighted by Gasteiger charge is 2.21. The quantitative estimate of drug-likeness (QED) is 0.601. The number of ketones is 1. The van der Waals surface area contributed by atoms with Crippen molar-refractivity contribution in [1.29, 1.82) is 0 Å². The van der Waals surface area contributed by atoms with E-state index >= 15 is 0 Å². The van der Waals surface area contributed by atoms with Gasteiger partial charge in [0, 0.05) is 17.7 Å². The topological polar surface area (TPSA) is 72.5 Å². The summed E-state index contributed by atoms with van der Waals surface area (Å²) in [7, 11) is 0. The minimum absolute atomic E-state index is 0.153. The minimum atomic E-state index is -0.691. The van der Waals surface area contributed by atoms with E-state index < -0.39 is 5.97 Å². The molecule has 0 aromatic heterocycles. The van der Waals surface area contributed by atoms with Gasteiger partial charge >= 0.3 is 5.97 Å². The van der Waals surface area contributed by atoms with Gasteiger partial charge in [-0.25, -0.2) is 4.79 Å². The largest absolute Gasteiger partial charge is 0.452 e. The van der Waals surface area contributed by atoms with Crippen LogP contribution in [-0.4, -0.2) is 30.8 Å². The summed E-state index contributed by atoms with van der Waals surface area (Å²) < 4.78 is 5.10. The van der Waals surface area contributed by atoms with Crippen LogP contribution in [0.3, 0.4) is 0 Å². The van der Waals surface area contributed by atoms with Gasteiger partial charge in [-0.1, -0.05) is 49.7 Å². The van der Waals surface area contributed by atoms with Crippen molar-refractivity contribution in [2.24, 2.45) is 5.92 Å². The molecule has 0 aliphatic heterocycles. The summed E-state index contributed by atoms with van der Waals surface area (Å²) in [4.78, 5) is 37.2. The summed E-state index contributed by atoms with van der Waals surface area (Å²) >= 11 is 0. The smallest absolute Gasteiger partial charge is 0.339 e. The highest BCUT2D eigenvalue weighted by molar-refractivity contribution is 6.15. The first-order valence-corrected chi connectivity index (χ1v) is 8.94. The second-order valence-corrected chi connectivity index (χ2v) is 6.97. The van der Waals surface area contributed by atoms with Crippen LogP contribution >= 0.6 is 0 Å². The average Bonchev–Trinajstić information content (AvgIpc) is 2.65. The van der Waals surface area contributed by atoms with Crippen molar-refractivity contribution in [2.45, 2.75) is 27.7 Å². The van der Waals surface area contributed by atoms with Crippen LogP contribution in [0.25, 0.3) is 0 Å². The number of esters is 1. The molecule has 0 saturated carbocycles. The SMILES string of the molecule is Cc1ccc(C)c(C(=O)c2ccccc2C(=O)OCC(=O)NCC(C)C)c1. The molecule has 0 bridgehead atoms. The standard InChI is InChI=1S/C22H25NO4/c1-14(2)12-23-20(24)13-27-22(26)18-8-6-5-7-17(18)21(25)19-11-15(3)9-10-16(19)4/h5-11,14H,12-13H2,1-4H3,(H,23,24). The van der Waals surface area contributed by atoms with Crippen LogP contribution in [-0.2, 0) is 9.53 Å². The van der Waals surface area contributed by atoms with E-state index in [4.69, 9.17) is 4.74 Å². The van der Waals surface area contributed by atoms with E-state index in [2.05, 4.69) is 5.32 Å². The number of nitrogens with one attached hydrogen (secondary N) is 1. The molecule has 142 valence electrons. The Labute approximate surface area is 159 Å². The zero-order valence-electron chi connectivity index (χ0n) is 16.2. The number of amides is 1. The predicted octanol–water partition coefficient (Wildman–Crippen LogP) is 3.46. The maximum atomic E-state index is 13.0. The molecule has 0 saturated heterocycles. The molecule has 5 nitrogen and oxygen atoms in total. The second kappa shape index (κ2) is 9.12.